The molecule has 3 aromatic rings. The molecule has 1 aromatic heterocycles. The summed E-state index contributed by atoms with van der Waals surface area (Å²) in [5.41, 5.74) is 3.84. The Hall–Kier alpha value is -2.62. The van der Waals surface area contributed by atoms with Gasteiger partial charge < -0.3 is 9.15 Å². The number of fused-ring (bicyclic) bond motifs is 1. The molecule has 0 bridgehead atoms. The van der Waals surface area contributed by atoms with E-state index < -0.39 is 0 Å². The first-order chi connectivity index (χ1) is 9.67. The first-order valence-electron chi connectivity index (χ1n) is 6.23. The van der Waals surface area contributed by atoms with Gasteiger partial charge in [0, 0.05) is 5.56 Å². The highest BCUT2D eigenvalue weighted by Crippen LogP contribution is 2.25. The SMILES string of the molecule is COC(=O)c1ccc2oc(-c3ccc(C)cc3)nc2c1. The van der Waals surface area contributed by atoms with Gasteiger partial charge in [-0.15, -0.1) is 0 Å². The lowest BCUT2D eigenvalue weighted by Gasteiger charge is -1.96. The van der Waals surface area contributed by atoms with Crippen LogP contribution in [0.1, 0.15) is 15.9 Å². The largest absolute Gasteiger partial charge is 0.465 e. The van der Waals surface area contributed by atoms with Gasteiger partial charge in [0.15, 0.2) is 5.58 Å². The fraction of sp³-hybridized carbons (Fsp3) is 0.125. The number of rotatable bonds is 2. The molecule has 0 unspecified atom stereocenters. The standard InChI is InChI=1S/C16H13NO3/c1-10-3-5-11(6-4-10)15-17-13-9-12(16(18)19-2)7-8-14(13)20-15/h3-9H,1-2H3. The topological polar surface area (TPSA) is 52.3 Å². The van der Waals surface area contributed by atoms with E-state index in [1.165, 1.54) is 12.7 Å². The number of aryl methyl sites for hydroxylation is 1. The van der Waals surface area contributed by atoms with Gasteiger partial charge >= 0.3 is 5.97 Å². The van der Waals surface area contributed by atoms with Crippen molar-refractivity contribution < 1.29 is 13.9 Å². The molecule has 0 N–H and O–H groups in total. The predicted octanol–water partition coefficient (Wildman–Crippen LogP) is 3.59. The molecule has 0 amide bonds. The Labute approximate surface area is 116 Å². The third-order valence-corrected chi connectivity index (χ3v) is 3.11. The van der Waals surface area contributed by atoms with Crippen molar-refractivity contribution in [1.82, 2.24) is 4.98 Å². The van der Waals surface area contributed by atoms with Crippen LogP contribution in [-0.2, 0) is 4.74 Å². The molecule has 100 valence electrons. The van der Waals surface area contributed by atoms with Crippen LogP contribution in [0.25, 0.3) is 22.6 Å². The molecule has 4 heteroatoms. The van der Waals surface area contributed by atoms with E-state index in [9.17, 15) is 4.79 Å². The van der Waals surface area contributed by atoms with Crippen molar-refractivity contribution in [1.29, 1.82) is 0 Å². The van der Waals surface area contributed by atoms with E-state index in [2.05, 4.69) is 4.98 Å². The van der Waals surface area contributed by atoms with E-state index in [4.69, 9.17) is 9.15 Å². The Kier molecular flexibility index (Phi) is 2.99. The van der Waals surface area contributed by atoms with Crippen molar-refractivity contribution in [3.8, 4) is 11.5 Å². The molecular weight excluding hydrogens is 254 g/mol. The van der Waals surface area contributed by atoms with E-state index in [1.807, 2.05) is 31.2 Å². The number of hydrogen-bond acceptors (Lipinski definition) is 4. The molecule has 0 aliphatic heterocycles. The van der Waals surface area contributed by atoms with Crippen LogP contribution in [0, 0.1) is 6.92 Å². The van der Waals surface area contributed by atoms with Gasteiger partial charge in [-0.3, -0.25) is 0 Å². The third-order valence-electron chi connectivity index (χ3n) is 3.11. The normalized spacial score (nSPS) is 10.7. The van der Waals surface area contributed by atoms with Gasteiger partial charge in [-0.2, -0.15) is 0 Å². The summed E-state index contributed by atoms with van der Waals surface area (Å²) < 4.78 is 10.4. The van der Waals surface area contributed by atoms with Crippen molar-refractivity contribution in [3.63, 3.8) is 0 Å². The Bertz CT molecular complexity index is 772. The molecule has 0 spiro atoms. The fourth-order valence-corrected chi connectivity index (χ4v) is 1.99. The van der Waals surface area contributed by atoms with Crippen molar-refractivity contribution in [2.45, 2.75) is 6.92 Å². The van der Waals surface area contributed by atoms with Gasteiger partial charge in [0.25, 0.3) is 0 Å². The van der Waals surface area contributed by atoms with Crippen molar-refractivity contribution in [2.75, 3.05) is 7.11 Å². The molecule has 0 atom stereocenters. The first-order valence-corrected chi connectivity index (χ1v) is 6.23. The molecule has 1 heterocycles. The number of benzene rings is 2. The summed E-state index contributed by atoms with van der Waals surface area (Å²) in [5.74, 6) is 0.161. The molecule has 20 heavy (non-hydrogen) atoms. The van der Waals surface area contributed by atoms with Crippen LogP contribution >= 0.6 is 0 Å². The average Bonchev–Trinajstić information content (AvgIpc) is 2.90. The zero-order valence-electron chi connectivity index (χ0n) is 11.2. The van der Waals surface area contributed by atoms with E-state index in [0.717, 1.165) is 5.56 Å². The van der Waals surface area contributed by atoms with Crippen molar-refractivity contribution >= 4 is 17.1 Å². The summed E-state index contributed by atoms with van der Waals surface area (Å²) in [6.45, 7) is 2.03. The summed E-state index contributed by atoms with van der Waals surface area (Å²) in [6.07, 6.45) is 0. The van der Waals surface area contributed by atoms with Crippen LogP contribution in [0.4, 0.5) is 0 Å². The average molecular weight is 267 g/mol. The summed E-state index contributed by atoms with van der Waals surface area (Å²) in [6, 6.07) is 13.0. The van der Waals surface area contributed by atoms with Gasteiger partial charge in [-0.1, -0.05) is 17.7 Å². The van der Waals surface area contributed by atoms with Crippen molar-refractivity contribution in [3.05, 3.63) is 53.6 Å². The molecule has 3 rings (SSSR count). The minimum atomic E-state index is -0.383. The molecule has 0 aliphatic carbocycles. The number of ether oxygens (including phenoxy) is 1. The van der Waals surface area contributed by atoms with Crippen LogP contribution in [-0.4, -0.2) is 18.1 Å². The Balaban J connectivity index is 2.06. The van der Waals surface area contributed by atoms with Crippen molar-refractivity contribution in [2.24, 2.45) is 0 Å². The number of aromatic nitrogens is 1. The quantitative estimate of drug-likeness (QED) is 0.666. The number of oxazole rings is 1. The second-order valence-electron chi connectivity index (χ2n) is 4.56. The van der Waals surface area contributed by atoms with Gasteiger partial charge in [-0.25, -0.2) is 9.78 Å². The molecule has 0 saturated carbocycles. The number of hydrogen-bond donors (Lipinski definition) is 0. The highest BCUT2D eigenvalue weighted by molar-refractivity contribution is 5.93. The Morgan fingerprint density at radius 1 is 1.15 bits per heavy atom. The van der Waals surface area contributed by atoms with Crippen LogP contribution in [0.15, 0.2) is 46.9 Å². The summed E-state index contributed by atoms with van der Waals surface area (Å²) in [5, 5.41) is 0. The lowest BCUT2D eigenvalue weighted by Crippen LogP contribution is -2.00. The number of esters is 1. The maximum Gasteiger partial charge on any atom is 0.337 e. The summed E-state index contributed by atoms with van der Waals surface area (Å²) in [4.78, 5) is 15.9. The number of carbonyl (C=O) groups excluding carboxylic acids is 1. The van der Waals surface area contributed by atoms with E-state index in [1.54, 1.807) is 18.2 Å². The van der Waals surface area contributed by atoms with E-state index in [0.29, 0.717) is 22.6 Å². The summed E-state index contributed by atoms with van der Waals surface area (Å²) >= 11 is 0. The minimum absolute atomic E-state index is 0.383. The van der Waals surface area contributed by atoms with E-state index in [-0.39, 0.29) is 5.97 Å². The van der Waals surface area contributed by atoms with Gasteiger partial charge in [0.2, 0.25) is 5.89 Å². The number of methoxy groups -OCH3 is 1. The molecule has 0 fully saturated rings. The summed E-state index contributed by atoms with van der Waals surface area (Å²) in [7, 11) is 1.35. The van der Waals surface area contributed by atoms with Gasteiger partial charge in [0.05, 0.1) is 12.7 Å². The zero-order chi connectivity index (χ0) is 14.1. The van der Waals surface area contributed by atoms with Gasteiger partial charge in [0.1, 0.15) is 5.52 Å². The van der Waals surface area contributed by atoms with E-state index >= 15 is 0 Å². The lowest BCUT2D eigenvalue weighted by molar-refractivity contribution is 0.0601. The monoisotopic (exact) mass is 267 g/mol. The number of carbonyl (C=O) groups is 1. The second-order valence-corrected chi connectivity index (χ2v) is 4.56. The predicted molar refractivity (Wildman–Crippen MR) is 75.5 cm³/mol. The number of nitrogens with zero attached hydrogens (tertiary/aromatic N) is 1. The van der Waals surface area contributed by atoms with Crippen LogP contribution in [0.2, 0.25) is 0 Å². The fourth-order valence-electron chi connectivity index (χ4n) is 1.99. The Morgan fingerprint density at radius 2 is 1.90 bits per heavy atom. The highest BCUT2D eigenvalue weighted by Gasteiger charge is 2.11. The zero-order valence-corrected chi connectivity index (χ0v) is 11.2. The second kappa shape index (κ2) is 4.81. The molecule has 2 aromatic carbocycles. The van der Waals surface area contributed by atoms with Gasteiger partial charge in [-0.05, 0) is 37.3 Å². The Morgan fingerprint density at radius 3 is 2.60 bits per heavy atom. The molecule has 0 aliphatic rings. The van der Waals surface area contributed by atoms with Crippen LogP contribution in [0.5, 0.6) is 0 Å². The van der Waals surface area contributed by atoms with Crippen LogP contribution in [0.3, 0.4) is 0 Å². The molecule has 0 radical (unpaired) electrons. The minimum Gasteiger partial charge on any atom is -0.465 e. The molecule has 4 nitrogen and oxygen atoms in total. The smallest absolute Gasteiger partial charge is 0.337 e. The molecule has 0 saturated heterocycles. The highest BCUT2D eigenvalue weighted by atomic mass is 16.5. The maximum atomic E-state index is 11.5. The third kappa shape index (κ3) is 2.16. The lowest BCUT2D eigenvalue weighted by atomic mass is 10.1. The molecular formula is C16H13NO3. The maximum absolute atomic E-state index is 11.5. The first kappa shape index (κ1) is 12.4. The van der Waals surface area contributed by atoms with Crippen LogP contribution < -0.4 is 0 Å².